The highest BCUT2D eigenvalue weighted by Crippen LogP contribution is 2.28. The fraction of sp³-hybridized carbons (Fsp3) is 0.672. The van der Waals surface area contributed by atoms with Gasteiger partial charge in [-0.3, -0.25) is 62.3 Å². The predicted octanol–water partition coefficient (Wildman–Crippen LogP) is -2.26. The number of amides is 11. The number of aliphatic hydroxyl groups is 2. The number of oxime groups is 1. The first-order chi connectivity index (χ1) is 45.2. The van der Waals surface area contributed by atoms with Crippen LogP contribution in [0.2, 0.25) is 0 Å². The van der Waals surface area contributed by atoms with Gasteiger partial charge in [0.15, 0.2) is 0 Å². The van der Waals surface area contributed by atoms with Crippen LogP contribution in [0.25, 0.3) is 0 Å². The van der Waals surface area contributed by atoms with Crippen LogP contribution in [-0.2, 0) is 78.7 Å². The molecule has 0 spiro atoms. The van der Waals surface area contributed by atoms with E-state index in [0.717, 1.165) is 37.8 Å². The molecular weight excluding hydrogens is 1280 g/mol. The summed E-state index contributed by atoms with van der Waals surface area (Å²) in [5.74, 6) is -13.2. The van der Waals surface area contributed by atoms with E-state index in [1.807, 2.05) is 6.07 Å². The second kappa shape index (κ2) is 39.3. The highest BCUT2D eigenvalue weighted by molar-refractivity contribution is 7.98. The number of unbranched alkanes of at least 4 members (excludes halogenated alkanes) is 1. The zero-order valence-electron chi connectivity index (χ0n) is 54.0. The van der Waals surface area contributed by atoms with Crippen molar-refractivity contribution in [3.8, 4) is 5.75 Å². The summed E-state index contributed by atoms with van der Waals surface area (Å²) >= 11 is 2.41. The maximum atomic E-state index is 15.1. The van der Waals surface area contributed by atoms with Crippen molar-refractivity contribution < 1.29 is 92.3 Å². The highest BCUT2D eigenvalue weighted by Gasteiger charge is 2.44. The lowest BCUT2D eigenvalue weighted by atomic mass is 10.0. The van der Waals surface area contributed by atoms with E-state index in [1.165, 1.54) is 28.4 Å². The SMILES string of the molecule is CC(C)C[C@@H]1NC(=O)[C@@H]2CCCN2C(=O)[C@@H]2CSCc3cc(cc(c3)OCCCCCCO/N=C/C(=O)N[C@@H](CCCCN)C(=O)N2)CSC[C@@H](C(N)=O)NC(=O)[C@H](CCC(=O)O)NC(=O)[C@H]([C@@H](C)O)NC(=O)[C@@H]2CCCN2C(=O)[C@H]([C@@H](C)O)NC(=O)[C@H](CC(=O)O)NC1=O. The number of ether oxygens (including phenoxy) is 1. The maximum Gasteiger partial charge on any atom is 0.305 e. The summed E-state index contributed by atoms with van der Waals surface area (Å²) in [6.07, 6.45) is -0.623. The van der Waals surface area contributed by atoms with Crippen molar-refractivity contribution in [1.82, 2.24) is 52.3 Å². The molecule has 0 unspecified atom stereocenters. The lowest BCUT2D eigenvalue weighted by Crippen LogP contribution is -2.63. The number of thioether (sulfide) groups is 2. The van der Waals surface area contributed by atoms with E-state index in [9.17, 15) is 78.0 Å². The van der Waals surface area contributed by atoms with Gasteiger partial charge in [0.05, 0.1) is 25.2 Å². The fourth-order valence-electron chi connectivity index (χ4n) is 11.1. The second-order valence-corrected chi connectivity index (χ2v) is 26.5. The summed E-state index contributed by atoms with van der Waals surface area (Å²) in [6.45, 7) is 6.36. The molecule has 528 valence electrons. The van der Waals surface area contributed by atoms with Crippen LogP contribution in [0.4, 0.5) is 0 Å². The number of nitrogens with two attached hydrogens (primary N) is 2. The van der Waals surface area contributed by atoms with Crippen molar-refractivity contribution in [2.45, 2.75) is 208 Å². The summed E-state index contributed by atoms with van der Waals surface area (Å²) in [6, 6.07) is -10.0. The van der Waals surface area contributed by atoms with Gasteiger partial charge in [0.25, 0.3) is 5.91 Å². The summed E-state index contributed by atoms with van der Waals surface area (Å²) in [7, 11) is 0. The smallest absolute Gasteiger partial charge is 0.305 e. The summed E-state index contributed by atoms with van der Waals surface area (Å²) in [5, 5.41) is 65.4. The zero-order valence-corrected chi connectivity index (χ0v) is 55.6. The standard InChI is InChI=1S/C61H93N13O19S2/c1-33(2)23-41-55(85)67-42(27-49(80)81)56(86)72-51(35(4)76)61(91)74-20-12-15-46(74)58(88)71-50(34(3)75)59(89)66-40(16-17-48(78)79)54(84)69-43(52(63)82)31-94-29-36-24-37-26-38(25-36)92-21-9-5-6-10-22-93-64-28-47(77)65-39(13-7-8-18-62)53(83)70-44(32-95-30-37)60(90)73-19-11-14-45(73)57(87)68-41/h24-26,28,33-35,39-46,50-51,75-76H,5-23,27,29-32,62H2,1-4H3,(H2,63,82)(H,65,77)(H,66,89)(H,67,85)(H,68,87)(H,69,84)(H,70,83)(H,71,88)(H,72,86)(H,78,79)(H,80,81)/b64-28+/t34-,35-,39+,40+,41+,42+,43+,44+,45+,46+,50+,51+/m1/s1. The van der Waals surface area contributed by atoms with E-state index >= 15 is 4.79 Å². The number of hydrogen-bond acceptors (Lipinski definition) is 21. The molecule has 0 aromatic heterocycles. The number of hydrogen-bond donors (Lipinski definition) is 14. The van der Waals surface area contributed by atoms with Crippen molar-refractivity contribution in [3.63, 3.8) is 0 Å². The van der Waals surface area contributed by atoms with E-state index in [2.05, 4.69) is 47.7 Å². The monoisotopic (exact) mass is 1380 g/mol. The number of benzene rings is 1. The van der Waals surface area contributed by atoms with Crippen LogP contribution in [0.1, 0.15) is 135 Å². The van der Waals surface area contributed by atoms with Crippen LogP contribution < -0.4 is 58.7 Å². The number of aliphatic carboxylic acids is 2. The Hall–Kier alpha value is -7.82. The molecular formula is C61H93N13O19S2. The van der Waals surface area contributed by atoms with Gasteiger partial charge in [-0.05, 0) is 133 Å². The Bertz CT molecular complexity index is 2910. The number of rotatable bonds is 14. The Labute approximate surface area is 559 Å². The normalized spacial score (nSPS) is 27.2. The highest BCUT2D eigenvalue weighted by atomic mass is 32.2. The Morgan fingerprint density at radius 2 is 1.15 bits per heavy atom. The zero-order chi connectivity index (χ0) is 69.9. The Morgan fingerprint density at radius 3 is 1.75 bits per heavy atom. The number of nitrogens with zero attached hydrogens (tertiary/aromatic N) is 3. The summed E-state index contributed by atoms with van der Waals surface area (Å²) in [5.41, 5.74) is 13.0. The number of primary amides is 1. The van der Waals surface area contributed by atoms with E-state index in [0.29, 0.717) is 55.6 Å². The minimum Gasteiger partial charge on any atom is -0.494 e. The molecule has 1 aromatic rings. The van der Waals surface area contributed by atoms with Crippen molar-refractivity contribution in [1.29, 1.82) is 0 Å². The number of carboxylic acid groups (broad SMARTS) is 2. The van der Waals surface area contributed by atoms with E-state index in [-0.39, 0.29) is 87.3 Å². The first-order valence-electron chi connectivity index (χ1n) is 32.1. The molecule has 2 fully saturated rings. The average Bonchev–Trinajstić information content (AvgIpc) is 1.77. The van der Waals surface area contributed by atoms with Crippen molar-refractivity contribution >= 4 is 107 Å². The van der Waals surface area contributed by atoms with Gasteiger partial charge in [0.1, 0.15) is 79.0 Å². The molecule has 1 aromatic carbocycles. The van der Waals surface area contributed by atoms with Gasteiger partial charge in [-0.2, -0.15) is 23.5 Å². The Morgan fingerprint density at radius 1 is 0.600 bits per heavy atom. The molecule has 4 aliphatic heterocycles. The molecule has 5 rings (SSSR count). The average molecular weight is 1380 g/mol. The van der Waals surface area contributed by atoms with Gasteiger partial charge in [0, 0.05) is 42.5 Å². The van der Waals surface area contributed by atoms with E-state index in [1.54, 1.807) is 26.0 Å². The molecule has 34 heteroatoms. The molecule has 0 aliphatic carbocycles. The fourth-order valence-corrected chi connectivity index (χ4v) is 13.1. The number of fused-ring (bicyclic) bond motifs is 7. The van der Waals surface area contributed by atoms with Crippen LogP contribution in [-0.4, -0.2) is 230 Å². The van der Waals surface area contributed by atoms with Crippen LogP contribution >= 0.6 is 23.5 Å². The van der Waals surface area contributed by atoms with Crippen LogP contribution in [0, 0.1) is 5.92 Å². The summed E-state index contributed by atoms with van der Waals surface area (Å²) < 4.78 is 6.25. The third-order valence-electron chi connectivity index (χ3n) is 16.0. The molecule has 0 radical (unpaired) electrons. The first-order valence-corrected chi connectivity index (χ1v) is 34.4. The molecule has 4 heterocycles. The van der Waals surface area contributed by atoms with Gasteiger partial charge in [-0.25, -0.2) is 0 Å². The third kappa shape index (κ3) is 25.4. The third-order valence-corrected chi connectivity index (χ3v) is 18.3. The van der Waals surface area contributed by atoms with Crippen molar-refractivity contribution in [2.24, 2.45) is 22.5 Å². The second-order valence-electron chi connectivity index (χ2n) is 24.4. The minimum atomic E-state index is -1.95. The van der Waals surface area contributed by atoms with E-state index < -0.39 is 169 Å². The van der Waals surface area contributed by atoms with E-state index in [4.69, 9.17) is 21.0 Å². The largest absolute Gasteiger partial charge is 0.494 e. The van der Waals surface area contributed by atoms with Gasteiger partial charge >= 0.3 is 11.9 Å². The molecule has 0 saturated carbocycles. The van der Waals surface area contributed by atoms with Gasteiger partial charge in [-0.15, -0.1) is 0 Å². The van der Waals surface area contributed by atoms with Crippen molar-refractivity contribution in [3.05, 3.63) is 29.3 Å². The van der Waals surface area contributed by atoms with Crippen molar-refractivity contribution in [2.75, 3.05) is 44.4 Å². The molecule has 16 N–H and O–H groups in total. The molecule has 95 heavy (non-hydrogen) atoms. The number of aliphatic hydroxyl groups excluding tert-OH is 2. The lowest BCUT2D eigenvalue weighted by Gasteiger charge is -2.32. The number of carbonyl (C=O) groups is 13. The molecule has 11 amide bonds. The van der Waals surface area contributed by atoms with Crippen LogP contribution in [0.3, 0.4) is 0 Å². The van der Waals surface area contributed by atoms with Gasteiger partial charge in [-0.1, -0.05) is 25.1 Å². The quantitative estimate of drug-likeness (QED) is 0.0875. The summed E-state index contributed by atoms with van der Waals surface area (Å²) in [4.78, 5) is 187. The topological polar surface area (TPSA) is 488 Å². The minimum absolute atomic E-state index is 0.0277. The number of nitrogens with one attached hydrogen (secondary N) is 8. The first kappa shape index (κ1) is 77.9. The number of carbonyl (C=O) groups excluding carboxylic acids is 11. The lowest BCUT2D eigenvalue weighted by molar-refractivity contribution is -0.146. The number of carboxylic acids is 2. The van der Waals surface area contributed by atoms with Crippen LogP contribution in [0.5, 0.6) is 5.75 Å². The van der Waals surface area contributed by atoms with Gasteiger partial charge < -0.3 is 93.8 Å². The molecule has 12 atom stereocenters. The molecule has 2 saturated heterocycles. The molecule has 32 nitrogen and oxygen atoms in total. The molecule has 4 bridgehead atoms. The van der Waals surface area contributed by atoms with Crippen LogP contribution in [0.15, 0.2) is 23.4 Å². The van der Waals surface area contributed by atoms with Gasteiger partial charge in [0.2, 0.25) is 59.1 Å². The predicted molar refractivity (Wildman–Crippen MR) is 346 cm³/mol. The maximum absolute atomic E-state index is 15.1. The Balaban J connectivity index is 1.59. The Kier molecular flexibility index (Phi) is 32.2. The molecule has 4 aliphatic rings.